The molecular weight excluding hydrogens is 605 g/mol. The molecule has 2 aromatic heterocycles. The van der Waals surface area contributed by atoms with E-state index in [0.29, 0.717) is 27.1 Å². The van der Waals surface area contributed by atoms with Gasteiger partial charge in [-0.25, -0.2) is 9.97 Å². The van der Waals surface area contributed by atoms with E-state index in [-0.39, 0.29) is 0 Å². The highest BCUT2D eigenvalue weighted by Crippen LogP contribution is 2.37. The minimum absolute atomic E-state index is 0.457. The Bertz CT molecular complexity index is 1370. The van der Waals surface area contributed by atoms with Gasteiger partial charge in [0.15, 0.2) is 0 Å². The summed E-state index contributed by atoms with van der Waals surface area (Å²) in [5, 5.41) is 24.4. The van der Waals surface area contributed by atoms with Gasteiger partial charge in [0.2, 0.25) is 0 Å². The predicted octanol–water partition coefficient (Wildman–Crippen LogP) is 6.53. The maximum atomic E-state index is 9.88. The van der Waals surface area contributed by atoms with E-state index in [4.69, 9.17) is 28.9 Å². The van der Waals surface area contributed by atoms with Crippen LogP contribution in [-0.2, 0) is 0 Å². The van der Waals surface area contributed by atoms with Gasteiger partial charge in [0.1, 0.15) is 11.6 Å². The van der Waals surface area contributed by atoms with Crippen LogP contribution in [0.15, 0.2) is 45.6 Å². The van der Waals surface area contributed by atoms with E-state index in [2.05, 4.69) is 41.8 Å². The Balaban J connectivity index is 0.000000202. The van der Waals surface area contributed by atoms with Crippen molar-refractivity contribution < 1.29 is 10.0 Å². The standard InChI is InChI=1S/C12H14B2BrClN2O2.C10H8BrClN2/c1-7-4-8-9(15)6-17-12(11(8)10(16)5-7)18(13(2)19)14(3)20;1-5-2-6-7(11)4-14-10(13)9(6)8(12)3-5/h4-6,19-20H,1-3H3;2-4H,1H3,(H2,13,14). The van der Waals surface area contributed by atoms with Gasteiger partial charge in [-0.2, -0.15) is 0 Å². The van der Waals surface area contributed by atoms with Crippen LogP contribution in [0, 0.1) is 13.8 Å². The van der Waals surface area contributed by atoms with Gasteiger partial charge in [-0.3, -0.25) is 0 Å². The second-order valence-electron chi connectivity index (χ2n) is 7.93. The van der Waals surface area contributed by atoms with Crippen molar-refractivity contribution >= 4 is 102 Å². The van der Waals surface area contributed by atoms with Gasteiger partial charge in [0.25, 0.3) is 0 Å². The number of nitrogens with zero attached hydrogens (tertiary/aromatic N) is 3. The van der Waals surface area contributed by atoms with Crippen LogP contribution < -0.4 is 10.5 Å². The summed E-state index contributed by atoms with van der Waals surface area (Å²) in [5.74, 6) is 0.923. The Morgan fingerprint density at radius 2 is 1.26 bits per heavy atom. The van der Waals surface area contributed by atoms with Crippen molar-refractivity contribution in [3.8, 4) is 0 Å². The fraction of sp³-hybridized carbons (Fsp3) is 0.182. The van der Waals surface area contributed by atoms with E-state index in [1.54, 1.807) is 26.0 Å². The fourth-order valence-electron chi connectivity index (χ4n) is 3.72. The van der Waals surface area contributed by atoms with Gasteiger partial charge in [0.05, 0.1) is 10.0 Å². The summed E-state index contributed by atoms with van der Waals surface area (Å²) in [7, 11) is -1.77. The molecule has 0 atom stereocenters. The maximum Gasteiger partial charge on any atom is 0.399 e. The summed E-state index contributed by atoms with van der Waals surface area (Å²) in [4.78, 5) is 8.36. The smallest absolute Gasteiger partial charge is 0.399 e. The lowest BCUT2D eigenvalue weighted by atomic mass is 9.69. The molecule has 176 valence electrons. The van der Waals surface area contributed by atoms with Crippen molar-refractivity contribution in [2.24, 2.45) is 0 Å². The van der Waals surface area contributed by atoms with Crippen LogP contribution in [-0.4, -0.2) is 34.1 Å². The van der Waals surface area contributed by atoms with E-state index in [1.165, 1.54) is 4.72 Å². The molecule has 4 aromatic rings. The monoisotopic (exact) mass is 624 g/mol. The van der Waals surface area contributed by atoms with E-state index in [9.17, 15) is 10.0 Å². The highest BCUT2D eigenvalue weighted by molar-refractivity contribution is 9.11. The molecule has 0 unspecified atom stereocenters. The molecule has 0 saturated carbocycles. The quantitative estimate of drug-likeness (QED) is 0.224. The number of fused-ring (bicyclic) bond motifs is 2. The van der Waals surface area contributed by atoms with Crippen LogP contribution in [0.5, 0.6) is 0 Å². The maximum absolute atomic E-state index is 9.88. The van der Waals surface area contributed by atoms with Gasteiger partial charge in [-0.1, -0.05) is 35.3 Å². The third kappa shape index (κ3) is 5.64. The number of nitrogen functional groups attached to an aromatic ring is 1. The predicted molar refractivity (Wildman–Crippen MR) is 153 cm³/mol. The molecule has 0 aliphatic heterocycles. The molecule has 0 radical (unpaired) electrons. The highest BCUT2D eigenvalue weighted by Gasteiger charge is 2.28. The highest BCUT2D eigenvalue weighted by atomic mass is 79.9. The van der Waals surface area contributed by atoms with Crippen molar-refractivity contribution in [3.63, 3.8) is 0 Å². The van der Waals surface area contributed by atoms with Crippen LogP contribution in [0.2, 0.25) is 23.7 Å². The largest absolute Gasteiger partial charge is 0.433 e. The molecule has 4 rings (SSSR count). The summed E-state index contributed by atoms with van der Waals surface area (Å²) in [6, 6.07) is 7.74. The Labute approximate surface area is 226 Å². The van der Waals surface area contributed by atoms with Crippen LogP contribution in [0.4, 0.5) is 11.6 Å². The number of pyridine rings is 2. The summed E-state index contributed by atoms with van der Waals surface area (Å²) < 4.78 is 3.14. The summed E-state index contributed by atoms with van der Waals surface area (Å²) in [6.07, 6.45) is 3.33. The normalized spacial score (nSPS) is 10.8. The van der Waals surface area contributed by atoms with Gasteiger partial charge >= 0.3 is 14.1 Å². The van der Waals surface area contributed by atoms with Crippen LogP contribution in [0.1, 0.15) is 11.1 Å². The average molecular weight is 627 g/mol. The second-order valence-corrected chi connectivity index (χ2v) is 10.5. The van der Waals surface area contributed by atoms with Crippen LogP contribution in [0.3, 0.4) is 0 Å². The third-order valence-electron chi connectivity index (χ3n) is 5.13. The molecule has 0 fully saturated rings. The number of hydrogen-bond donors (Lipinski definition) is 3. The molecule has 2 aromatic carbocycles. The third-order valence-corrected chi connectivity index (χ3v) is 6.99. The van der Waals surface area contributed by atoms with E-state index < -0.39 is 14.1 Å². The van der Waals surface area contributed by atoms with Gasteiger partial charge < -0.3 is 20.5 Å². The van der Waals surface area contributed by atoms with Gasteiger partial charge in [-0.15, -0.1) is 0 Å². The van der Waals surface area contributed by atoms with Crippen molar-refractivity contribution in [1.82, 2.24) is 9.97 Å². The molecule has 12 heteroatoms. The molecule has 0 saturated heterocycles. The lowest BCUT2D eigenvalue weighted by Crippen LogP contribution is -2.47. The molecule has 0 amide bonds. The number of rotatable bonds is 3. The molecular formula is C22H22B2Br2Cl2N4O2. The average Bonchev–Trinajstić information content (AvgIpc) is 2.72. The molecule has 0 aliphatic carbocycles. The number of aryl methyl sites for hydroxylation is 2. The minimum atomic E-state index is -0.885. The van der Waals surface area contributed by atoms with Crippen molar-refractivity contribution in [2.75, 3.05) is 10.5 Å². The Hall–Kier alpha value is -1.55. The molecule has 0 spiro atoms. The van der Waals surface area contributed by atoms with Gasteiger partial charge in [0, 0.05) is 42.9 Å². The van der Waals surface area contributed by atoms with Gasteiger partial charge in [-0.05, 0) is 82.6 Å². The van der Waals surface area contributed by atoms with E-state index in [1.807, 2.05) is 38.1 Å². The SMILES string of the molecule is CB(O)N(B(C)O)c1ncc(Br)c2cc(C)cc(Cl)c12.Cc1cc(Cl)c2c(N)ncc(Br)c2c1. The first-order valence-corrected chi connectivity index (χ1v) is 12.6. The van der Waals surface area contributed by atoms with Crippen LogP contribution in [0.25, 0.3) is 21.5 Å². The number of nitrogens with two attached hydrogens (primary N) is 1. The zero-order valence-corrected chi connectivity index (χ0v) is 23.6. The number of halogens is 4. The first kappa shape index (κ1) is 27.0. The molecule has 0 aliphatic rings. The van der Waals surface area contributed by atoms with E-state index >= 15 is 0 Å². The zero-order chi connectivity index (χ0) is 25.3. The number of benzene rings is 2. The van der Waals surface area contributed by atoms with E-state index in [0.717, 1.165) is 36.2 Å². The second kappa shape index (κ2) is 11.0. The first-order valence-electron chi connectivity index (χ1n) is 10.3. The Morgan fingerprint density at radius 3 is 1.76 bits per heavy atom. The van der Waals surface area contributed by atoms with Crippen molar-refractivity contribution in [2.45, 2.75) is 27.5 Å². The molecule has 0 bridgehead atoms. The molecule has 2 heterocycles. The lowest BCUT2D eigenvalue weighted by Gasteiger charge is -2.27. The van der Waals surface area contributed by atoms with Crippen molar-refractivity contribution in [3.05, 3.63) is 66.8 Å². The van der Waals surface area contributed by atoms with Crippen LogP contribution >= 0.6 is 55.1 Å². The first-order chi connectivity index (χ1) is 15.9. The molecule has 4 N–H and O–H groups in total. The summed E-state index contributed by atoms with van der Waals surface area (Å²) >= 11 is 19.3. The summed E-state index contributed by atoms with van der Waals surface area (Å²) in [5.41, 5.74) is 7.89. The fourth-order valence-corrected chi connectivity index (χ4v) is 5.28. The molecule has 34 heavy (non-hydrogen) atoms. The number of aromatic nitrogens is 2. The summed E-state index contributed by atoms with van der Waals surface area (Å²) in [6.45, 7) is 7.10. The van der Waals surface area contributed by atoms with Crippen molar-refractivity contribution in [1.29, 1.82) is 0 Å². The number of anilines is 2. The Kier molecular flexibility index (Phi) is 8.76. The topological polar surface area (TPSA) is 95.5 Å². The number of hydrogen-bond acceptors (Lipinski definition) is 6. The minimum Gasteiger partial charge on any atom is -0.433 e. The zero-order valence-electron chi connectivity index (χ0n) is 18.9. The Morgan fingerprint density at radius 1 is 0.824 bits per heavy atom. The molecule has 6 nitrogen and oxygen atoms in total. The lowest BCUT2D eigenvalue weighted by molar-refractivity contribution is 0.554.